The number of nitrogens with zero attached hydrogens (tertiary/aromatic N) is 1. The van der Waals surface area contributed by atoms with Crippen molar-refractivity contribution in [1.29, 1.82) is 0 Å². The Labute approximate surface area is 184 Å². The van der Waals surface area contributed by atoms with E-state index in [0.717, 1.165) is 24.2 Å². The smallest absolute Gasteiger partial charge is 0.327 e. The molecule has 0 unspecified atom stereocenters. The average molecular weight is 434 g/mol. The number of hydrogen-bond donors (Lipinski definition) is 2. The van der Waals surface area contributed by atoms with Crippen molar-refractivity contribution in [2.24, 2.45) is 0 Å². The molecule has 0 spiro atoms. The molecule has 3 aromatic rings. The summed E-state index contributed by atoms with van der Waals surface area (Å²) in [4.78, 5) is 28.4. The van der Waals surface area contributed by atoms with Gasteiger partial charge in [0.25, 0.3) is 0 Å². The lowest BCUT2D eigenvalue weighted by Gasteiger charge is -2.32. The Hall–Kier alpha value is -3.51. The number of halogens is 1. The molecule has 6 nitrogen and oxygen atoms in total. The summed E-state index contributed by atoms with van der Waals surface area (Å²) in [7, 11) is 0. The van der Waals surface area contributed by atoms with Crippen LogP contribution in [0.1, 0.15) is 31.1 Å². The number of fused-ring (bicyclic) bond motifs is 1. The van der Waals surface area contributed by atoms with E-state index in [-0.39, 0.29) is 5.78 Å². The van der Waals surface area contributed by atoms with E-state index in [0.29, 0.717) is 34.2 Å². The van der Waals surface area contributed by atoms with Crippen LogP contribution >= 0.6 is 11.6 Å². The standard InChI is InChI=1S/C24H20ClN3O3/c25-15-7-1-2-8-16(15)27-24(30)28-19-11-4-3-9-17(19)26-18-10-5-12-20(29)22(18)23(28)21-13-6-14-31-21/h1-4,6-9,11,13-14,23,26H,5,10,12H2,(H,27,30)/t23-/m1/s1. The Morgan fingerprint density at radius 3 is 2.68 bits per heavy atom. The molecule has 0 saturated heterocycles. The predicted molar refractivity (Wildman–Crippen MR) is 120 cm³/mol. The Morgan fingerprint density at radius 1 is 1.06 bits per heavy atom. The van der Waals surface area contributed by atoms with Crippen molar-refractivity contribution in [2.75, 3.05) is 15.5 Å². The van der Waals surface area contributed by atoms with E-state index in [1.54, 1.807) is 47.6 Å². The van der Waals surface area contributed by atoms with Crippen LogP contribution in [0.25, 0.3) is 0 Å². The van der Waals surface area contributed by atoms with Gasteiger partial charge in [-0.3, -0.25) is 9.69 Å². The van der Waals surface area contributed by atoms with Crippen LogP contribution in [0.5, 0.6) is 0 Å². The van der Waals surface area contributed by atoms with Gasteiger partial charge >= 0.3 is 6.03 Å². The number of carbonyl (C=O) groups is 2. The quantitative estimate of drug-likeness (QED) is 0.508. The highest BCUT2D eigenvalue weighted by molar-refractivity contribution is 6.33. The number of nitrogens with one attached hydrogen (secondary N) is 2. The van der Waals surface area contributed by atoms with Crippen LogP contribution in [0, 0.1) is 0 Å². The van der Waals surface area contributed by atoms with Crippen LogP contribution in [0.2, 0.25) is 5.02 Å². The van der Waals surface area contributed by atoms with Crippen LogP contribution in [0.15, 0.2) is 82.6 Å². The minimum atomic E-state index is -0.698. The molecule has 7 heteroatoms. The summed E-state index contributed by atoms with van der Waals surface area (Å²) in [6, 6.07) is 17.0. The fraction of sp³-hybridized carbons (Fsp3) is 0.167. The number of Topliss-reactive ketones (excluding diaryl/α,β-unsaturated/α-hetero) is 1. The highest BCUT2D eigenvalue weighted by atomic mass is 35.5. The first kappa shape index (κ1) is 19.5. The third-order valence-electron chi connectivity index (χ3n) is 5.58. The zero-order valence-electron chi connectivity index (χ0n) is 16.6. The molecule has 2 N–H and O–H groups in total. The van der Waals surface area contributed by atoms with E-state index in [2.05, 4.69) is 10.6 Å². The van der Waals surface area contributed by atoms with Gasteiger partial charge in [-0.2, -0.15) is 0 Å². The summed E-state index contributed by atoms with van der Waals surface area (Å²) >= 11 is 6.28. The van der Waals surface area contributed by atoms with Crippen molar-refractivity contribution < 1.29 is 14.0 Å². The normalized spacial score (nSPS) is 18.0. The van der Waals surface area contributed by atoms with Crippen LogP contribution in [0.3, 0.4) is 0 Å². The molecular formula is C24H20ClN3O3. The number of benzene rings is 2. The lowest BCUT2D eigenvalue weighted by molar-refractivity contribution is -0.116. The summed E-state index contributed by atoms with van der Waals surface area (Å²) in [5, 5.41) is 6.75. The third-order valence-corrected chi connectivity index (χ3v) is 5.91. The SMILES string of the molecule is O=C1CCCC2=C1[C@@H](c1ccco1)N(C(=O)Nc1ccccc1Cl)c1ccccc1N2. The first-order valence-electron chi connectivity index (χ1n) is 10.1. The summed E-state index contributed by atoms with van der Waals surface area (Å²) in [5.41, 5.74) is 3.29. The van der Waals surface area contributed by atoms with Gasteiger partial charge in [0.2, 0.25) is 0 Å². The van der Waals surface area contributed by atoms with Gasteiger partial charge in [-0.1, -0.05) is 35.9 Å². The minimum Gasteiger partial charge on any atom is -0.467 e. The van der Waals surface area contributed by atoms with Gasteiger partial charge in [0.15, 0.2) is 5.78 Å². The van der Waals surface area contributed by atoms with Crippen molar-refractivity contribution in [1.82, 2.24) is 0 Å². The van der Waals surface area contributed by atoms with E-state index in [1.165, 1.54) is 0 Å². The number of allylic oxidation sites excluding steroid dienone is 1. The minimum absolute atomic E-state index is 0.0125. The number of carbonyl (C=O) groups excluding carboxylic acids is 2. The van der Waals surface area contributed by atoms with Gasteiger partial charge in [0, 0.05) is 17.7 Å². The zero-order valence-corrected chi connectivity index (χ0v) is 17.4. The Kier molecular flexibility index (Phi) is 5.00. The van der Waals surface area contributed by atoms with Gasteiger partial charge in [0.1, 0.15) is 11.8 Å². The topological polar surface area (TPSA) is 74.6 Å². The van der Waals surface area contributed by atoms with Crippen LogP contribution in [-0.4, -0.2) is 11.8 Å². The average Bonchev–Trinajstić information content (AvgIpc) is 3.25. The van der Waals surface area contributed by atoms with Crippen molar-refractivity contribution in [2.45, 2.75) is 25.3 Å². The second-order valence-electron chi connectivity index (χ2n) is 7.51. The van der Waals surface area contributed by atoms with Gasteiger partial charge in [-0.25, -0.2) is 4.79 Å². The fourth-order valence-corrected chi connectivity index (χ4v) is 4.39. The molecule has 2 amide bonds. The second kappa shape index (κ2) is 7.96. The van der Waals surface area contributed by atoms with Crippen LogP contribution in [-0.2, 0) is 4.79 Å². The molecule has 1 aromatic heterocycles. The third kappa shape index (κ3) is 3.49. The Balaban J connectivity index is 1.69. The van der Waals surface area contributed by atoms with E-state index in [9.17, 15) is 9.59 Å². The van der Waals surface area contributed by atoms with Crippen LogP contribution < -0.4 is 15.5 Å². The number of urea groups is 1. The molecule has 31 heavy (non-hydrogen) atoms. The summed E-state index contributed by atoms with van der Waals surface area (Å²) < 4.78 is 5.73. The first-order valence-corrected chi connectivity index (χ1v) is 10.5. The zero-order chi connectivity index (χ0) is 21.4. The number of ketones is 1. The molecule has 2 aliphatic rings. The summed E-state index contributed by atoms with van der Waals surface area (Å²) in [6.07, 6.45) is 3.49. The van der Waals surface area contributed by atoms with E-state index in [1.807, 2.05) is 24.3 Å². The highest BCUT2D eigenvalue weighted by Gasteiger charge is 2.41. The summed E-state index contributed by atoms with van der Waals surface area (Å²) in [5.74, 6) is 0.536. The molecule has 1 aliphatic carbocycles. The van der Waals surface area contributed by atoms with E-state index >= 15 is 0 Å². The van der Waals surface area contributed by atoms with Gasteiger partial charge in [-0.15, -0.1) is 0 Å². The molecule has 0 saturated carbocycles. The lowest BCUT2D eigenvalue weighted by Crippen LogP contribution is -2.40. The molecule has 0 fully saturated rings. The second-order valence-corrected chi connectivity index (χ2v) is 7.92. The maximum Gasteiger partial charge on any atom is 0.327 e. The predicted octanol–water partition coefficient (Wildman–Crippen LogP) is 6.15. The maximum atomic E-state index is 13.7. The molecule has 0 bridgehead atoms. The first-order chi connectivity index (χ1) is 15.1. The van der Waals surface area contributed by atoms with Crippen molar-refractivity contribution in [3.8, 4) is 0 Å². The van der Waals surface area contributed by atoms with Crippen LogP contribution in [0.4, 0.5) is 21.9 Å². The molecule has 1 aliphatic heterocycles. The van der Waals surface area contributed by atoms with Crippen molar-refractivity contribution in [3.05, 3.63) is 89.0 Å². The largest absolute Gasteiger partial charge is 0.467 e. The van der Waals surface area contributed by atoms with Gasteiger partial charge in [-0.05, 0) is 49.2 Å². The number of furan rings is 1. The van der Waals surface area contributed by atoms with Crippen molar-refractivity contribution in [3.63, 3.8) is 0 Å². The fourth-order valence-electron chi connectivity index (χ4n) is 4.21. The number of para-hydroxylation sites is 3. The van der Waals surface area contributed by atoms with E-state index in [4.69, 9.17) is 16.0 Å². The van der Waals surface area contributed by atoms with E-state index < -0.39 is 12.1 Å². The number of anilines is 3. The number of amides is 2. The Morgan fingerprint density at radius 2 is 1.87 bits per heavy atom. The number of hydrogen-bond acceptors (Lipinski definition) is 4. The molecular weight excluding hydrogens is 414 g/mol. The molecule has 1 atom stereocenters. The molecule has 2 aromatic carbocycles. The molecule has 156 valence electrons. The monoisotopic (exact) mass is 433 g/mol. The Bertz CT molecular complexity index is 1190. The molecule has 5 rings (SSSR count). The molecule has 2 heterocycles. The number of rotatable bonds is 2. The maximum absolute atomic E-state index is 13.7. The van der Waals surface area contributed by atoms with Crippen molar-refractivity contribution >= 4 is 40.5 Å². The molecule has 0 radical (unpaired) electrons. The lowest BCUT2D eigenvalue weighted by atomic mass is 9.88. The highest BCUT2D eigenvalue weighted by Crippen LogP contribution is 2.45. The van der Waals surface area contributed by atoms with Gasteiger partial charge in [0.05, 0.1) is 28.3 Å². The summed E-state index contributed by atoms with van der Waals surface area (Å²) in [6.45, 7) is 0. The van der Waals surface area contributed by atoms with Gasteiger partial charge < -0.3 is 15.1 Å².